The fourth-order valence-electron chi connectivity index (χ4n) is 5.34. The van der Waals surface area contributed by atoms with Gasteiger partial charge in [0.15, 0.2) is 17.4 Å². The zero-order valence-electron chi connectivity index (χ0n) is 24.7. The SMILES string of the molecule is C#C.C=C1c2c(OCCC(=O)OC)c(=O)ccn2NC2CC(F)(F)CCN12.Fc1ccc2c(c1F)CSC1=C(CC=CC=C1)C2. The van der Waals surface area contributed by atoms with Crippen LogP contribution in [0.15, 0.2) is 70.6 Å². The van der Waals surface area contributed by atoms with Crippen LogP contribution < -0.4 is 15.6 Å². The summed E-state index contributed by atoms with van der Waals surface area (Å²) in [6.07, 6.45) is 18.0. The predicted octanol–water partition coefficient (Wildman–Crippen LogP) is 6.15. The molecule has 238 valence electrons. The predicted molar refractivity (Wildman–Crippen MR) is 167 cm³/mol. The van der Waals surface area contributed by atoms with E-state index in [-0.39, 0.29) is 43.6 Å². The average Bonchev–Trinajstić information content (AvgIpc) is 3.35. The summed E-state index contributed by atoms with van der Waals surface area (Å²) in [5, 5.41) is 0. The molecule has 45 heavy (non-hydrogen) atoms. The summed E-state index contributed by atoms with van der Waals surface area (Å²) < 4.78 is 65.9. The molecule has 0 bridgehead atoms. The number of rotatable bonds is 4. The molecule has 4 heterocycles. The molecule has 0 amide bonds. The molecule has 1 saturated heterocycles. The highest BCUT2D eigenvalue weighted by molar-refractivity contribution is 8.02. The minimum absolute atomic E-state index is 0.0112. The molecule has 1 unspecified atom stereocenters. The monoisotopic (exact) mass is 643 g/mol. The van der Waals surface area contributed by atoms with E-state index in [4.69, 9.17) is 4.74 Å². The Morgan fingerprint density at radius 3 is 2.76 bits per heavy atom. The second kappa shape index (κ2) is 14.6. The normalized spacial score (nSPS) is 19.0. The van der Waals surface area contributed by atoms with Crippen molar-refractivity contribution < 1.29 is 31.8 Å². The Hall–Kier alpha value is -4.37. The van der Waals surface area contributed by atoms with Crippen LogP contribution in [0.25, 0.3) is 5.70 Å². The zero-order valence-corrected chi connectivity index (χ0v) is 25.5. The van der Waals surface area contributed by atoms with Crippen molar-refractivity contribution in [3.05, 3.63) is 104 Å². The van der Waals surface area contributed by atoms with Crippen LogP contribution in [-0.2, 0) is 21.7 Å². The molecular weight excluding hydrogens is 610 g/mol. The van der Waals surface area contributed by atoms with Gasteiger partial charge in [0.1, 0.15) is 11.9 Å². The van der Waals surface area contributed by atoms with E-state index < -0.39 is 29.7 Å². The topological polar surface area (TPSA) is 72.8 Å². The Bertz CT molecular complexity index is 1630. The molecule has 6 rings (SSSR count). The maximum absolute atomic E-state index is 13.8. The number of fused-ring (bicyclic) bond motifs is 3. The number of hydrogen-bond donors (Lipinski definition) is 1. The third kappa shape index (κ3) is 7.65. The van der Waals surface area contributed by atoms with Crippen LogP contribution in [0.5, 0.6) is 5.75 Å². The summed E-state index contributed by atoms with van der Waals surface area (Å²) in [5.74, 6) is -4.11. The van der Waals surface area contributed by atoms with E-state index in [0.29, 0.717) is 29.1 Å². The second-order valence-electron chi connectivity index (χ2n) is 10.4. The van der Waals surface area contributed by atoms with Crippen LogP contribution in [0.2, 0.25) is 0 Å². The summed E-state index contributed by atoms with van der Waals surface area (Å²) in [4.78, 5) is 26.3. The van der Waals surface area contributed by atoms with Crippen molar-refractivity contribution in [2.45, 2.75) is 49.9 Å². The smallest absolute Gasteiger partial charge is 0.308 e. The van der Waals surface area contributed by atoms with Gasteiger partial charge in [0, 0.05) is 41.5 Å². The van der Waals surface area contributed by atoms with Crippen molar-refractivity contribution in [3.8, 4) is 18.6 Å². The molecule has 0 saturated carbocycles. The molecule has 1 aliphatic carbocycles. The highest BCUT2D eigenvalue weighted by Crippen LogP contribution is 2.39. The van der Waals surface area contributed by atoms with Crippen molar-refractivity contribution in [1.29, 1.82) is 0 Å². The Kier molecular flexibility index (Phi) is 10.9. The van der Waals surface area contributed by atoms with Crippen molar-refractivity contribution in [2.75, 3.05) is 25.7 Å². The number of ether oxygens (including phenoxy) is 2. The number of nitrogens with zero attached hydrogens (tertiary/aromatic N) is 2. The van der Waals surface area contributed by atoms with Crippen LogP contribution in [-0.4, -0.2) is 47.9 Å². The number of terminal acetylenes is 1. The molecule has 1 atom stereocenters. The number of benzene rings is 1. The van der Waals surface area contributed by atoms with Crippen LogP contribution >= 0.6 is 11.8 Å². The fourth-order valence-corrected chi connectivity index (χ4v) is 6.48. The molecule has 1 N–H and O–H groups in total. The van der Waals surface area contributed by atoms with E-state index in [0.717, 1.165) is 12.0 Å². The number of nitrogens with one attached hydrogen (secondary N) is 1. The summed E-state index contributed by atoms with van der Waals surface area (Å²) in [7, 11) is 1.26. The lowest BCUT2D eigenvalue weighted by atomic mass is 9.98. The number of esters is 1. The van der Waals surface area contributed by atoms with Gasteiger partial charge in [-0.15, -0.1) is 24.6 Å². The lowest BCUT2D eigenvalue weighted by Crippen LogP contribution is -2.55. The molecule has 4 aliphatic rings. The highest BCUT2D eigenvalue weighted by Gasteiger charge is 2.44. The maximum Gasteiger partial charge on any atom is 0.308 e. The molecule has 0 radical (unpaired) electrons. The van der Waals surface area contributed by atoms with Gasteiger partial charge in [-0.05, 0) is 36.1 Å². The minimum Gasteiger partial charge on any atom is -0.487 e. The molecule has 0 spiro atoms. The largest absolute Gasteiger partial charge is 0.487 e. The fraction of sp³-hybridized carbons (Fsp3) is 0.333. The minimum atomic E-state index is -2.75. The molecule has 1 fully saturated rings. The number of aromatic nitrogens is 1. The van der Waals surface area contributed by atoms with Crippen molar-refractivity contribution in [2.24, 2.45) is 0 Å². The van der Waals surface area contributed by atoms with Gasteiger partial charge >= 0.3 is 5.97 Å². The number of alkyl halides is 2. The standard InChI is InChI=1S/C16H19F2N3O4.C15H12F2S.C2H2/c1-10-14-15(25-8-4-13(23)24-2)11(22)3-6-21(14)19-12-9-16(17,18)5-7-20(10)12;16-13-7-6-10-8-11-4-2-1-3-5-14(11)18-9-12(10)15(13)17;1-2/h3,6,12,19H,1,4-5,7-9H2,2H3;1-3,5-7H,4,8-9H2;1-2H. The lowest BCUT2D eigenvalue weighted by Gasteiger charge is -2.46. The first-order valence-electron chi connectivity index (χ1n) is 14.1. The van der Waals surface area contributed by atoms with Gasteiger partial charge in [-0.1, -0.05) is 30.9 Å². The summed E-state index contributed by atoms with van der Waals surface area (Å²) in [6.45, 7) is 4.04. The van der Waals surface area contributed by atoms with Gasteiger partial charge in [0.25, 0.3) is 5.92 Å². The number of hydrogen-bond acceptors (Lipinski definition) is 7. The van der Waals surface area contributed by atoms with Gasteiger partial charge in [-0.25, -0.2) is 17.6 Å². The van der Waals surface area contributed by atoms with Crippen LogP contribution in [0, 0.1) is 24.5 Å². The van der Waals surface area contributed by atoms with Gasteiger partial charge in [-0.2, -0.15) is 0 Å². The highest BCUT2D eigenvalue weighted by atomic mass is 32.2. The molecule has 7 nitrogen and oxygen atoms in total. The first-order chi connectivity index (χ1) is 21.6. The molecule has 3 aliphatic heterocycles. The number of thioether (sulfide) groups is 1. The summed E-state index contributed by atoms with van der Waals surface area (Å²) in [5.41, 5.74) is 6.11. The van der Waals surface area contributed by atoms with Gasteiger partial charge in [0.05, 0.1) is 32.3 Å². The number of allylic oxidation sites excluding steroid dienone is 5. The Morgan fingerprint density at radius 2 is 2.00 bits per heavy atom. The number of pyridine rings is 1. The average molecular weight is 644 g/mol. The molecule has 12 heteroatoms. The van der Waals surface area contributed by atoms with E-state index in [1.165, 1.54) is 40.6 Å². The first kappa shape index (κ1) is 33.5. The molecule has 2 aromatic rings. The van der Waals surface area contributed by atoms with Gasteiger partial charge in [-0.3, -0.25) is 14.3 Å². The third-order valence-electron chi connectivity index (χ3n) is 7.61. The van der Waals surface area contributed by atoms with E-state index in [9.17, 15) is 27.2 Å². The van der Waals surface area contributed by atoms with E-state index >= 15 is 0 Å². The number of carbonyl (C=O) groups is 1. The number of piperidine rings is 1. The lowest BCUT2D eigenvalue weighted by molar-refractivity contribution is -0.141. The Morgan fingerprint density at radius 1 is 1.22 bits per heavy atom. The Balaban J connectivity index is 0.000000203. The first-order valence-corrected chi connectivity index (χ1v) is 15.1. The number of methoxy groups -OCH3 is 1. The van der Waals surface area contributed by atoms with Crippen LogP contribution in [0.1, 0.15) is 42.5 Å². The van der Waals surface area contributed by atoms with E-state index in [2.05, 4.69) is 41.7 Å². The zero-order chi connectivity index (χ0) is 32.7. The van der Waals surface area contributed by atoms with Crippen LogP contribution in [0.4, 0.5) is 17.6 Å². The quantitative estimate of drug-likeness (QED) is 0.244. The van der Waals surface area contributed by atoms with Crippen LogP contribution in [0.3, 0.4) is 0 Å². The maximum atomic E-state index is 13.8. The summed E-state index contributed by atoms with van der Waals surface area (Å²) >= 11 is 1.59. The molecule has 1 aromatic heterocycles. The Labute approximate surface area is 263 Å². The number of halogens is 4. The number of carbonyl (C=O) groups excluding carboxylic acids is 1. The molecular formula is C33H33F4N3O4S. The van der Waals surface area contributed by atoms with Gasteiger partial charge in [0.2, 0.25) is 5.43 Å². The second-order valence-corrected chi connectivity index (χ2v) is 11.4. The third-order valence-corrected chi connectivity index (χ3v) is 8.78. The summed E-state index contributed by atoms with van der Waals surface area (Å²) in [6, 6.07) is 4.21. The van der Waals surface area contributed by atoms with Gasteiger partial charge < -0.3 is 19.8 Å². The van der Waals surface area contributed by atoms with E-state index in [1.54, 1.807) is 22.7 Å². The molecule has 1 aromatic carbocycles. The van der Waals surface area contributed by atoms with E-state index in [1.807, 2.05) is 12.2 Å². The van der Waals surface area contributed by atoms with Crippen molar-refractivity contribution in [1.82, 2.24) is 9.58 Å². The van der Waals surface area contributed by atoms with Crippen molar-refractivity contribution >= 4 is 23.4 Å². The van der Waals surface area contributed by atoms with Crippen molar-refractivity contribution in [3.63, 3.8) is 0 Å².